The third-order valence-electron chi connectivity index (χ3n) is 5.00. The lowest BCUT2D eigenvalue weighted by Crippen LogP contribution is -2.28. The van der Waals surface area contributed by atoms with Crippen molar-refractivity contribution in [2.45, 2.75) is 17.6 Å². The van der Waals surface area contributed by atoms with Gasteiger partial charge in [0.2, 0.25) is 5.16 Å². The van der Waals surface area contributed by atoms with E-state index in [9.17, 15) is 4.79 Å². The Labute approximate surface area is 192 Å². The highest BCUT2D eigenvalue weighted by Gasteiger charge is 2.34. The Kier molecular flexibility index (Phi) is 5.78. The molecule has 1 aromatic carbocycles. The SMILES string of the molecule is COc1ccc(C2=NN(C(=O)CSc3n[nH]c(-c4cccs4)n3)[C@@H](c3ccco3)C2)cc1. The lowest BCUT2D eigenvalue weighted by molar-refractivity contribution is -0.130. The predicted octanol–water partition coefficient (Wildman–Crippen LogP) is 4.60. The minimum Gasteiger partial charge on any atom is -0.497 e. The highest BCUT2D eigenvalue weighted by molar-refractivity contribution is 7.99. The summed E-state index contributed by atoms with van der Waals surface area (Å²) in [6, 6.07) is 15.0. The first kappa shape index (κ1) is 20.5. The number of thiophene rings is 1. The normalized spacial score (nSPS) is 15.7. The Morgan fingerprint density at radius 1 is 1.28 bits per heavy atom. The van der Waals surface area contributed by atoms with Crippen LogP contribution in [0.25, 0.3) is 10.7 Å². The molecule has 5 rings (SSSR count). The van der Waals surface area contributed by atoms with Gasteiger partial charge in [0.05, 0.1) is 29.7 Å². The lowest BCUT2D eigenvalue weighted by Gasteiger charge is -2.19. The monoisotopic (exact) mass is 465 g/mol. The molecule has 8 nitrogen and oxygen atoms in total. The standard InChI is InChI=1S/C22H19N5O3S2/c1-29-15-8-6-14(7-9-15)16-12-17(18-4-2-10-30-18)27(26-16)20(28)13-32-22-23-21(24-25-22)19-5-3-11-31-19/h2-11,17H,12-13H2,1H3,(H,23,24,25)/t17-/m1/s1. The molecule has 1 aliphatic heterocycles. The summed E-state index contributed by atoms with van der Waals surface area (Å²) in [5, 5.41) is 15.8. The molecule has 1 atom stereocenters. The number of rotatable bonds is 7. The van der Waals surface area contributed by atoms with E-state index in [1.165, 1.54) is 16.8 Å². The summed E-state index contributed by atoms with van der Waals surface area (Å²) >= 11 is 2.86. The van der Waals surface area contributed by atoms with Crippen molar-refractivity contribution < 1.29 is 13.9 Å². The van der Waals surface area contributed by atoms with E-state index >= 15 is 0 Å². The van der Waals surface area contributed by atoms with Crippen molar-refractivity contribution in [2.24, 2.45) is 5.10 Å². The van der Waals surface area contributed by atoms with Crippen molar-refractivity contribution in [2.75, 3.05) is 12.9 Å². The molecule has 0 saturated heterocycles. The fourth-order valence-corrected chi connectivity index (χ4v) is 4.74. The Bertz CT molecular complexity index is 1220. The van der Waals surface area contributed by atoms with E-state index < -0.39 is 0 Å². The first-order valence-corrected chi connectivity index (χ1v) is 11.7. The number of hydrogen-bond donors (Lipinski definition) is 1. The van der Waals surface area contributed by atoms with Gasteiger partial charge >= 0.3 is 0 Å². The topological polar surface area (TPSA) is 96.6 Å². The molecule has 0 unspecified atom stereocenters. The van der Waals surface area contributed by atoms with Crippen LogP contribution in [0.5, 0.6) is 5.75 Å². The number of aromatic amines is 1. The maximum Gasteiger partial charge on any atom is 0.253 e. The number of carbonyl (C=O) groups excluding carboxylic acids is 1. The second kappa shape index (κ2) is 9.01. The Balaban J connectivity index is 1.32. The van der Waals surface area contributed by atoms with Gasteiger partial charge in [0.15, 0.2) is 5.82 Å². The van der Waals surface area contributed by atoms with Crippen LogP contribution in [-0.4, -0.2) is 44.7 Å². The van der Waals surface area contributed by atoms with Crippen LogP contribution in [0.4, 0.5) is 0 Å². The summed E-state index contributed by atoms with van der Waals surface area (Å²) in [7, 11) is 1.63. The molecule has 32 heavy (non-hydrogen) atoms. The number of carbonyl (C=O) groups is 1. The van der Waals surface area contributed by atoms with Gasteiger partial charge in [-0.05, 0) is 53.4 Å². The van der Waals surface area contributed by atoms with Crippen molar-refractivity contribution >= 4 is 34.7 Å². The molecule has 4 aromatic rings. The van der Waals surface area contributed by atoms with Gasteiger partial charge in [-0.25, -0.2) is 9.99 Å². The molecule has 10 heteroatoms. The molecule has 1 N–H and O–H groups in total. The number of furan rings is 1. The highest BCUT2D eigenvalue weighted by Crippen LogP contribution is 2.34. The van der Waals surface area contributed by atoms with Crippen molar-refractivity contribution in [1.82, 2.24) is 20.2 Å². The van der Waals surface area contributed by atoms with Crippen LogP contribution < -0.4 is 4.74 Å². The quantitative estimate of drug-likeness (QED) is 0.401. The van der Waals surface area contributed by atoms with Crippen molar-refractivity contribution in [1.29, 1.82) is 0 Å². The van der Waals surface area contributed by atoms with Gasteiger partial charge in [0.25, 0.3) is 5.91 Å². The average Bonchev–Trinajstić information content (AvgIpc) is 3.63. The summed E-state index contributed by atoms with van der Waals surface area (Å²) in [6.45, 7) is 0. The second-order valence-corrected chi connectivity index (χ2v) is 8.87. The fourth-order valence-electron chi connectivity index (χ4n) is 3.43. The number of H-pyrrole nitrogens is 1. The van der Waals surface area contributed by atoms with E-state index in [0.717, 1.165) is 21.9 Å². The molecule has 0 spiro atoms. The van der Waals surface area contributed by atoms with Gasteiger partial charge < -0.3 is 9.15 Å². The third kappa shape index (κ3) is 4.19. The largest absolute Gasteiger partial charge is 0.497 e. The average molecular weight is 466 g/mol. The summed E-state index contributed by atoms with van der Waals surface area (Å²) < 4.78 is 10.8. The highest BCUT2D eigenvalue weighted by atomic mass is 32.2. The number of thioether (sulfide) groups is 1. The zero-order valence-corrected chi connectivity index (χ0v) is 18.7. The van der Waals surface area contributed by atoms with Crippen molar-refractivity contribution in [3.63, 3.8) is 0 Å². The smallest absolute Gasteiger partial charge is 0.253 e. The van der Waals surface area contributed by atoms with E-state index in [-0.39, 0.29) is 17.7 Å². The second-order valence-electron chi connectivity index (χ2n) is 6.98. The first-order valence-electron chi connectivity index (χ1n) is 9.87. The molecule has 1 aliphatic rings. The number of nitrogens with zero attached hydrogens (tertiary/aromatic N) is 4. The molecule has 0 aliphatic carbocycles. The zero-order chi connectivity index (χ0) is 21.9. The van der Waals surface area contributed by atoms with Gasteiger partial charge in [-0.15, -0.1) is 16.4 Å². The molecule has 0 fully saturated rings. The maximum atomic E-state index is 13.1. The third-order valence-corrected chi connectivity index (χ3v) is 6.71. The number of hydrogen-bond acceptors (Lipinski definition) is 8. The minimum absolute atomic E-state index is 0.137. The van der Waals surface area contributed by atoms with E-state index in [1.54, 1.807) is 24.7 Å². The first-order chi connectivity index (χ1) is 15.7. The van der Waals surface area contributed by atoms with Crippen LogP contribution in [0, 0.1) is 0 Å². The minimum atomic E-state index is -0.288. The number of benzene rings is 1. The van der Waals surface area contributed by atoms with Crippen LogP contribution in [0.1, 0.15) is 23.8 Å². The molecule has 3 aromatic heterocycles. The van der Waals surface area contributed by atoms with E-state index in [4.69, 9.17) is 9.15 Å². The molecule has 0 radical (unpaired) electrons. The van der Waals surface area contributed by atoms with Crippen LogP contribution in [-0.2, 0) is 4.79 Å². The van der Waals surface area contributed by atoms with Crippen LogP contribution in [0.2, 0.25) is 0 Å². The van der Waals surface area contributed by atoms with Crippen molar-refractivity contribution in [3.8, 4) is 16.5 Å². The molecule has 1 amide bonds. The number of nitrogens with one attached hydrogen (secondary N) is 1. The summed E-state index contributed by atoms with van der Waals surface area (Å²) in [5.41, 5.74) is 1.77. The number of methoxy groups -OCH3 is 1. The number of ether oxygens (including phenoxy) is 1. The van der Waals surface area contributed by atoms with E-state index in [0.29, 0.717) is 23.2 Å². The van der Waals surface area contributed by atoms with Gasteiger partial charge in [0.1, 0.15) is 17.6 Å². The number of hydrazone groups is 1. The summed E-state index contributed by atoms with van der Waals surface area (Å²) in [4.78, 5) is 18.6. The number of amides is 1. The van der Waals surface area contributed by atoms with Crippen LogP contribution in [0.3, 0.4) is 0 Å². The Morgan fingerprint density at radius 2 is 2.16 bits per heavy atom. The molecular weight excluding hydrogens is 446 g/mol. The fraction of sp³-hybridized carbons (Fsp3) is 0.182. The van der Waals surface area contributed by atoms with Crippen LogP contribution in [0.15, 0.2) is 74.8 Å². The lowest BCUT2D eigenvalue weighted by atomic mass is 10.0. The van der Waals surface area contributed by atoms with Gasteiger partial charge in [-0.2, -0.15) is 5.10 Å². The Hall–Kier alpha value is -3.37. The summed E-state index contributed by atoms with van der Waals surface area (Å²) in [5.74, 6) is 2.20. The van der Waals surface area contributed by atoms with E-state index in [1.807, 2.05) is 53.9 Å². The predicted molar refractivity (Wildman–Crippen MR) is 123 cm³/mol. The zero-order valence-electron chi connectivity index (χ0n) is 17.1. The van der Waals surface area contributed by atoms with Crippen molar-refractivity contribution in [3.05, 3.63) is 71.5 Å². The van der Waals surface area contributed by atoms with Gasteiger partial charge in [-0.3, -0.25) is 9.89 Å². The van der Waals surface area contributed by atoms with Gasteiger partial charge in [-0.1, -0.05) is 17.8 Å². The summed E-state index contributed by atoms with van der Waals surface area (Å²) in [6.07, 6.45) is 2.18. The molecular formula is C22H19N5O3S2. The molecule has 4 heterocycles. The Morgan fingerprint density at radius 3 is 2.88 bits per heavy atom. The van der Waals surface area contributed by atoms with E-state index in [2.05, 4.69) is 20.3 Å². The molecule has 0 bridgehead atoms. The molecule has 162 valence electrons. The maximum absolute atomic E-state index is 13.1. The number of aromatic nitrogens is 3. The molecule has 0 saturated carbocycles. The van der Waals surface area contributed by atoms with Crippen LogP contribution >= 0.6 is 23.1 Å². The van der Waals surface area contributed by atoms with Gasteiger partial charge in [0, 0.05) is 6.42 Å².